The first kappa shape index (κ1) is 13.1. The number of rotatable bonds is 5. The summed E-state index contributed by atoms with van der Waals surface area (Å²) in [5, 5.41) is 11.9. The minimum absolute atomic E-state index is 0.775. The SMILES string of the molecule is CCCNCc1ccc(-c2cnnn2C)cc1Cl. The van der Waals surface area contributed by atoms with Gasteiger partial charge in [0.25, 0.3) is 0 Å². The predicted molar refractivity (Wildman–Crippen MR) is 73.4 cm³/mol. The molecule has 96 valence electrons. The Morgan fingerprint density at radius 1 is 1.39 bits per heavy atom. The minimum atomic E-state index is 0.775. The van der Waals surface area contributed by atoms with E-state index < -0.39 is 0 Å². The maximum Gasteiger partial charge on any atom is 0.0882 e. The van der Waals surface area contributed by atoms with Gasteiger partial charge < -0.3 is 5.32 Å². The molecule has 18 heavy (non-hydrogen) atoms. The summed E-state index contributed by atoms with van der Waals surface area (Å²) in [5.74, 6) is 0. The standard InChI is InChI=1S/C13H17ClN4/c1-3-6-15-8-11-5-4-10(7-12(11)14)13-9-16-17-18(13)2/h4-5,7,9,15H,3,6,8H2,1-2H3. The molecular formula is C13H17ClN4. The monoisotopic (exact) mass is 264 g/mol. The Labute approximate surface area is 112 Å². The van der Waals surface area contributed by atoms with E-state index in [4.69, 9.17) is 11.6 Å². The number of halogens is 1. The molecule has 0 unspecified atom stereocenters. The lowest BCUT2D eigenvalue weighted by Gasteiger charge is -2.08. The van der Waals surface area contributed by atoms with Gasteiger partial charge in [-0.3, -0.25) is 0 Å². The molecule has 1 aromatic carbocycles. The molecule has 0 aliphatic heterocycles. The molecule has 0 bridgehead atoms. The lowest BCUT2D eigenvalue weighted by atomic mass is 10.1. The Kier molecular flexibility index (Phi) is 4.33. The first-order chi connectivity index (χ1) is 8.72. The van der Waals surface area contributed by atoms with Crippen LogP contribution in [0.1, 0.15) is 18.9 Å². The number of nitrogens with zero attached hydrogens (tertiary/aromatic N) is 3. The molecule has 0 amide bonds. The molecule has 4 nitrogen and oxygen atoms in total. The van der Waals surface area contributed by atoms with Gasteiger partial charge in [-0.15, -0.1) is 5.10 Å². The van der Waals surface area contributed by atoms with Crippen molar-refractivity contribution in [1.29, 1.82) is 0 Å². The predicted octanol–water partition coefficient (Wildman–Crippen LogP) is 2.64. The summed E-state index contributed by atoms with van der Waals surface area (Å²) in [5.41, 5.74) is 3.11. The van der Waals surface area contributed by atoms with Crippen LogP contribution < -0.4 is 5.32 Å². The van der Waals surface area contributed by atoms with Crippen molar-refractivity contribution in [3.05, 3.63) is 35.0 Å². The molecule has 0 saturated heterocycles. The highest BCUT2D eigenvalue weighted by atomic mass is 35.5. The van der Waals surface area contributed by atoms with Crippen LogP contribution in [0.3, 0.4) is 0 Å². The molecule has 2 rings (SSSR count). The second-order valence-corrected chi connectivity index (χ2v) is 4.63. The smallest absolute Gasteiger partial charge is 0.0882 e. The molecule has 0 fully saturated rings. The van der Waals surface area contributed by atoms with Crippen LogP contribution in [0.5, 0.6) is 0 Å². The molecule has 1 aromatic heterocycles. The van der Waals surface area contributed by atoms with E-state index in [1.54, 1.807) is 10.9 Å². The molecule has 1 N–H and O–H groups in total. The molecule has 1 heterocycles. The lowest BCUT2D eigenvalue weighted by molar-refractivity contribution is 0.675. The summed E-state index contributed by atoms with van der Waals surface area (Å²) < 4.78 is 1.74. The van der Waals surface area contributed by atoms with Gasteiger partial charge in [0, 0.05) is 24.2 Å². The van der Waals surface area contributed by atoms with E-state index in [9.17, 15) is 0 Å². The van der Waals surface area contributed by atoms with Crippen LogP contribution in [0.2, 0.25) is 5.02 Å². The Morgan fingerprint density at radius 3 is 2.83 bits per heavy atom. The zero-order chi connectivity index (χ0) is 13.0. The van der Waals surface area contributed by atoms with E-state index in [0.29, 0.717) is 0 Å². The highest BCUT2D eigenvalue weighted by molar-refractivity contribution is 6.31. The molecule has 2 aromatic rings. The fourth-order valence-corrected chi connectivity index (χ4v) is 2.05. The van der Waals surface area contributed by atoms with Crippen LogP contribution in [0, 0.1) is 0 Å². The number of nitrogens with one attached hydrogen (secondary N) is 1. The third-order valence-corrected chi connectivity index (χ3v) is 3.16. The quantitative estimate of drug-likeness (QED) is 0.845. The lowest BCUT2D eigenvalue weighted by Crippen LogP contribution is -2.14. The van der Waals surface area contributed by atoms with Gasteiger partial charge in [0.1, 0.15) is 0 Å². The Bertz CT molecular complexity index is 521. The maximum atomic E-state index is 6.29. The van der Waals surface area contributed by atoms with Crippen LogP contribution in [0.15, 0.2) is 24.4 Å². The fourth-order valence-electron chi connectivity index (χ4n) is 1.80. The zero-order valence-corrected chi connectivity index (χ0v) is 11.4. The van der Waals surface area contributed by atoms with E-state index >= 15 is 0 Å². The first-order valence-electron chi connectivity index (χ1n) is 6.06. The van der Waals surface area contributed by atoms with Gasteiger partial charge in [-0.1, -0.05) is 35.9 Å². The minimum Gasteiger partial charge on any atom is -0.313 e. The van der Waals surface area contributed by atoms with E-state index in [2.05, 4.69) is 22.6 Å². The Morgan fingerprint density at radius 2 is 2.22 bits per heavy atom. The second-order valence-electron chi connectivity index (χ2n) is 4.23. The first-order valence-corrected chi connectivity index (χ1v) is 6.44. The van der Waals surface area contributed by atoms with Crippen LogP contribution in [0.25, 0.3) is 11.3 Å². The van der Waals surface area contributed by atoms with Crippen LogP contribution in [-0.2, 0) is 13.6 Å². The number of benzene rings is 1. The second kappa shape index (κ2) is 5.98. The van der Waals surface area contributed by atoms with E-state index in [1.807, 2.05) is 25.2 Å². The van der Waals surface area contributed by atoms with Gasteiger partial charge in [0.2, 0.25) is 0 Å². The summed E-state index contributed by atoms with van der Waals surface area (Å²) in [6.07, 6.45) is 2.86. The van der Waals surface area contributed by atoms with Crippen molar-refractivity contribution >= 4 is 11.6 Å². The highest BCUT2D eigenvalue weighted by Gasteiger charge is 2.06. The fraction of sp³-hybridized carbons (Fsp3) is 0.385. The van der Waals surface area contributed by atoms with Gasteiger partial charge in [-0.2, -0.15) is 0 Å². The third kappa shape index (κ3) is 2.89. The summed E-state index contributed by atoms with van der Waals surface area (Å²) in [6, 6.07) is 6.06. The van der Waals surface area contributed by atoms with Gasteiger partial charge in [0.05, 0.1) is 11.9 Å². The molecule has 0 spiro atoms. The number of aromatic nitrogens is 3. The van der Waals surface area contributed by atoms with Crippen LogP contribution in [-0.4, -0.2) is 21.5 Å². The number of hydrogen-bond acceptors (Lipinski definition) is 3. The normalized spacial score (nSPS) is 10.8. The molecule has 0 saturated carbocycles. The van der Waals surface area contributed by atoms with Crippen molar-refractivity contribution in [2.24, 2.45) is 7.05 Å². The Hall–Kier alpha value is -1.39. The molecule has 5 heteroatoms. The van der Waals surface area contributed by atoms with Gasteiger partial charge in [-0.05, 0) is 24.6 Å². The van der Waals surface area contributed by atoms with Crippen LogP contribution in [0.4, 0.5) is 0 Å². The van der Waals surface area contributed by atoms with Crippen molar-refractivity contribution in [2.45, 2.75) is 19.9 Å². The van der Waals surface area contributed by atoms with Gasteiger partial charge in [0.15, 0.2) is 0 Å². The highest BCUT2D eigenvalue weighted by Crippen LogP contribution is 2.24. The molecule has 0 aliphatic rings. The number of hydrogen-bond donors (Lipinski definition) is 1. The van der Waals surface area contributed by atoms with Crippen molar-refractivity contribution in [2.75, 3.05) is 6.54 Å². The summed E-state index contributed by atoms with van der Waals surface area (Å²) in [4.78, 5) is 0. The van der Waals surface area contributed by atoms with E-state index in [-0.39, 0.29) is 0 Å². The van der Waals surface area contributed by atoms with Gasteiger partial charge >= 0.3 is 0 Å². The summed E-state index contributed by atoms with van der Waals surface area (Å²) in [6.45, 7) is 3.95. The molecular weight excluding hydrogens is 248 g/mol. The topological polar surface area (TPSA) is 42.7 Å². The molecule has 0 radical (unpaired) electrons. The maximum absolute atomic E-state index is 6.29. The van der Waals surface area contributed by atoms with Gasteiger partial charge in [-0.25, -0.2) is 4.68 Å². The van der Waals surface area contributed by atoms with Crippen molar-refractivity contribution < 1.29 is 0 Å². The van der Waals surface area contributed by atoms with E-state index in [0.717, 1.165) is 41.4 Å². The molecule has 0 aliphatic carbocycles. The van der Waals surface area contributed by atoms with E-state index in [1.165, 1.54) is 0 Å². The average molecular weight is 265 g/mol. The zero-order valence-electron chi connectivity index (χ0n) is 10.7. The number of aryl methyl sites for hydroxylation is 1. The summed E-state index contributed by atoms with van der Waals surface area (Å²) in [7, 11) is 1.87. The summed E-state index contributed by atoms with van der Waals surface area (Å²) >= 11 is 6.29. The van der Waals surface area contributed by atoms with Crippen LogP contribution >= 0.6 is 11.6 Å². The average Bonchev–Trinajstić information content (AvgIpc) is 2.78. The molecule has 0 atom stereocenters. The van der Waals surface area contributed by atoms with Crippen molar-refractivity contribution in [3.8, 4) is 11.3 Å². The third-order valence-electron chi connectivity index (χ3n) is 2.81. The Balaban J connectivity index is 2.17. The van der Waals surface area contributed by atoms with Crippen molar-refractivity contribution in [3.63, 3.8) is 0 Å². The largest absolute Gasteiger partial charge is 0.313 e. The van der Waals surface area contributed by atoms with Crippen molar-refractivity contribution in [1.82, 2.24) is 20.3 Å².